The SMILES string of the molecule is CC(C)NCCC(=O)N(C)Cc1ccc(Br)cc1. The summed E-state index contributed by atoms with van der Waals surface area (Å²) in [6.45, 7) is 5.56. The zero-order valence-corrected chi connectivity index (χ0v) is 12.8. The minimum Gasteiger partial charge on any atom is -0.341 e. The third-order valence-electron chi connectivity index (χ3n) is 2.65. The van der Waals surface area contributed by atoms with Crippen molar-refractivity contribution in [3.8, 4) is 0 Å². The van der Waals surface area contributed by atoms with Gasteiger partial charge in [0.1, 0.15) is 0 Å². The third-order valence-corrected chi connectivity index (χ3v) is 3.18. The zero-order valence-electron chi connectivity index (χ0n) is 11.2. The van der Waals surface area contributed by atoms with Gasteiger partial charge in [0.15, 0.2) is 0 Å². The summed E-state index contributed by atoms with van der Waals surface area (Å²) in [5.41, 5.74) is 1.14. The van der Waals surface area contributed by atoms with E-state index in [1.54, 1.807) is 4.90 Å². The molecule has 0 aliphatic carbocycles. The van der Waals surface area contributed by atoms with E-state index in [9.17, 15) is 4.79 Å². The van der Waals surface area contributed by atoms with Gasteiger partial charge in [-0.15, -0.1) is 0 Å². The first-order valence-electron chi connectivity index (χ1n) is 6.21. The van der Waals surface area contributed by atoms with Crippen molar-refractivity contribution in [1.29, 1.82) is 0 Å². The van der Waals surface area contributed by atoms with Crippen molar-refractivity contribution in [3.63, 3.8) is 0 Å². The lowest BCUT2D eigenvalue weighted by molar-refractivity contribution is -0.130. The maximum atomic E-state index is 11.9. The second kappa shape index (κ2) is 7.54. The minimum atomic E-state index is 0.172. The monoisotopic (exact) mass is 312 g/mol. The van der Waals surface area contributed by atoms with Crippen molar-refractivity contribution < 1.29 is 4.79 Å². The molecule has 1 aromatic carbocycles. The highest BCUT2D eigenvalue weighted by Crippen LogP contribution is 2.12. The van der Waals surface area contributed by atoms with Crippen molar-refractivity contribution in [1.82, 2.24) is 10.2 Å². The summed E-state index contributed by atoms with van der Waals surface area (Å²) >= 11 is 3.40. The molecule has 0 atom stereocenters. The number of carbonyl (C=O) groups is 1. The fourth-order valence-electron chi connectivity index (χ4n) is 1.61. The normalized spacial score (nSPS) is 10.7. The maximum absolute atomic E-state index is 11.9. The number of hydrogen-bond donors (Lipinski definition) is 1. The standard InChI is InChI=1S/C14H21BrN2O/c1-11(2)16-9-8-14(18)17(3)10-12-4-6-13(15)7-5-12/h4-7,11,16H,8-10H2,1-3H3. The topological polar surface area (TPSA) is 32.3 Å². The Kier molecular flexibility index (Phi) is 6.36. The first-order chi connectivity index (χ1) is 8.49. The fraction of sp³-hybridized carbons (Fsp3) is 0.500. The summed E-state index contributed by atoms with van der Waals surface area (Å²) in [5, 5.41) is 3.25. The van der Waals surface area contributed by atoms with Crippen LogP contribution in [0.25, 0.3) is 0 Å². The van der Waals surface area contributed by atoms with E-state index in [1.807, 2.05) is 31.3 Å². The molecular formula is C14H21BrN2O. The number of benzene rings is 1. The Balaban J connectivity index is 2.37. The molecule has 0 spiro atoms. The Morgan fingerprint density at radius 3 is 2.50 bits per heavy atom. The van der Waals surface area contributed by atoms with Gasteiger partial charge in [-0.3, -0.25) is 4.79 Å². The van der Waals surface area contributed by atoms with Gasteiger partial charge in [-0.2, -0.15) is 0 Å². The summed E-state index contributed by atoms with van der Waals surface area (Å²) in [4.78, 5) is 13.6. The lowest BCUT2D eigenvalue weighted by Crippen LogP contribution is -2.31. The Hall–Kier alpha value is -0.870. The average Bonchev–Trinajstić information content (AvgIpc) is 2.31. The summed E-state index contributed by atoms with van der Waals surface area (Å²) in [7, 11) is 1.85. The van der Waals surface area contributed by atoms with Crippen LogP contribution in [0.4, 0.5) is 0 Å². The van der Waals surface area contributed by atoms with Crippen LogP contribution < -0.4 is 5.32 Å². The first kappa shape index (κ1) is 15.2. The smallest absolute Gasteiger partial charge is 0.223 e. The molecule has 1 amide bonds. The second-order valence-electron chi connectivity index (χ2n) is 4.74. The molecule has 0 fully saturated rings. The lowest BCUT2D eigenvalue weighted by atomic mass is 10.2. The van der Waals surface area contributed by atoms with E-state index in [-0.39, 0.29) is 5.91 Å². The molecule has 1 N–H and O–H groups in total. The van der Waals surface area contributed by atoms with Crippen molar-refractivity contribution in [3.05, 3.63) is 34.3 Å². The first-order valence-corrected chi connectivity index (χ1v) is 7.00. The van der Waals surface area contributed by atoms with Gasteiger partial charge in [-0.1, -0.05) is 41.9 Å². The van der Waals surface area contributed by atoms with Crippen LogP contribution in [-0.2, 0) is 11.3 Å². The van der Waals surface area contributed by atoms with E-state index in [2.05, 4.69) is 35.1 Å². The molecule has 0 aliphatic rings. The molecule has 0 radical (unpaired) electrons. The Morgan fingerprint density at radius 2 is 1.94 bits per heavy atom. The number of hydrogen-bond acceptors (Lipinski definition) is 2. The van der Waals surface area contributed by atoms with Gasteiger partial charge < -0.3 is 10.2 Å². The Bertz CT molecular complexity index is 376. The lowest BCUT2D eigenvalue weighted by Gasteiger charge is -2.18. The van der Waals surface area contributed by atoms with E-state index in [0.717, 1.165) is 16.6 Å². The second-order valence-corrected chi connectivity index (χ2v) is 5.65. The number of nitrogens with zero attached hydrogens (tertiary/aromatic N) is 1. The third kappa shape index (κ3) is 5.65. The van der Waals surface area contributed by atoms with Crippen molar-refractivity contribution >= 4 is 21.8 Å². The Morgan fingerprint density at radius 1 is 1.33 bits per heavy atom. The number of amides is 1. The highest BCUT2D eigenvalue weighted by molar-refractivity contribution is 9.10. The van der Waals surface area contributed by atoms with Crippen molar-refractivity contribution in [2.24, 2.45) is 0 Å². The molecule has 0 aliphatic heterocycles. The highest BCUT2D eigenvalue weighted by atomic mass is 79.9. The van der Waals surface area contributed by atoms with Crippen LogP contribution in [0.2, 0.25) is 0 Å². The molecule has 1 aromatic rings. The quantitative estimate of drug-likeness (QED) is 0.876. The van der Waals surface area contributed by atoms with Gasteiger partial charge in [-0.25, -0.2) is 0 Å². The van der Waals surface area contributed by atoms with Crippen molar-refractivity contribution in [2.75, 3.05) is 13.6 Å². The summed E-state index contributed by atoms with van der Waals surface area (Å²) < 4.78 is 1.06. The van der Waals surface area contributed by atoms with E-state index in [4.69, 9.17) is 0 Å². The van der Waals surface area contributed by atoms with Crippen LogP contribution in [0.15, 0.2) is 28.7 Å². The molecule has 18 heavy (non-hydrogen) atoms. The van der Waals surface area contributed by atoms with E-state index < -0.39 is 0 Å². The molecule has 0 saturated heterocycles. The molecule has 0 heterocycles. The molecule has 100 valence electrons. The van der Waals surface area contributed by atoms with Crippen LogP contribution in [0.3, 0.4) is 0 Å². The van der Waals surface area contributed by atoms with E-state index in [0.29, 0.717) is 19.0 Å². The van der Waals surface area contributed by atoms with E-state index in [1.165, 1.54) is 0 Å². The molecule has 0 saturated carbocycles. The summed E-state index contributed by atoms with van der Waals surface area (Å²) in [6.07, 6.45) is 0.547. The molecule has 4 heteroatoms. The van der Waals surface area contributed by atoms with Gasteiger partial charge in [0.2, 0.25) is 5.91 Å². The summed E-state index contributed by atoms with van der Waals surface area (Å²) in [5.74, 6) is 0.172. The van der Waals surface area contributed by atoms with Gasteiger partial charge in [0.05, 0.1) is 0 Å². The number of nitrogens with one attached hydrogen (secondary N) is 1. The zero-order chi connectivity index (χ0) is 13.5. The van der Waals surface area contributed by atoms with E-state index >= 15 is 0 Å². The molecule has 3 nitrogen and oxygen atoms in total. The molecule has 0 aromatic heterocycles. The Labute approximate surface area is 118 Å². The van der Waals surface area contributed by atoms with Gasteiger partial charge in [0.25, 0.3) is 0 Å². The minimum absolute atomic E-state index is 0.172. The van der Waals surface area contributed by atoms with Gasteiger partial charge in [-0.05, 0) is 17.7 Å². The van der Waals surface area contributed by atoms with Crippen LogP contribution in [0.5, 0.6) is 0 Å². The summed E-state index contributed by atoms with van der Waals surface area (Å²) in [6, 6.07) is 8.47. The van der Waals surface area contributed by atoms with Gasteiger partial charge >= 0.3 is 0 Å². The van der Waals surface area contributed by atoms with Crippen LogP contribution in [0, 0.1) is 0 Å². The molecule has 0 bridgehead atoms. The predicted molar refractivity (Wildman–Crippen MR) is 78.4 cm³/mol. The maximum Gasteiger partial charge on any atom is 0.223 e. The fourth-order valence-corrected chi connectivity index (χ4v) is 1.87. The predicted octanol–water partition coefficient (Wildman–Crippen LogP) is 2.80. The molecular weight excluding hydrogens is 292 g/mol. The molecule has 0 unspecified atom stereocenters. The highest BCUT2D eigenvalue weighted by Gasteiger charge is 2.08. The molecule has 1 rings (SSSR count). The van der Waals surface area contributed by atoms with Crippen LogP contribution in [0.1, 0.15) is 25.8 Å². The van der Waals surface area contributed by atoms with Crippen LogP contribution >= 0.6 is 15.9 Å². The number of halogens is 1. The number of carbonyl (C=O) groups excluding carboxylic acids is 1. The largest absolute Gasteiger partial charge is 0.341 e. The van der Waals surface area contributed by atoms with Crippen molar-refractivity contribution in [2.45, 2.75) is 32.9 Å². The average molecular weight is 313 g/mol. The van der Waals surface area contributed by atoms with Crippen LogP contribution in [-0.4, -0.2) is 30.4 Å². The van der Waals surface area contributed by atoms with Gasteiger partial charge in [0, 0.05) is 37.1 Å². The number of rotatable bonds is 6.